The zero-order valence-corrected chi connectivity index (χ0v) is 27.7. The van der Waals surface area contributed by atoms with Crippen molar-refractivity contribution in [1.29, 1.82) is 0 Å². The molecule has 5 heteroatoms. The van der Waals surface area contributed by atoms with Gasteiger partial charge in [-0.3, -0.25) is 0 Å². The molecule has 0 aromatic heterocycles. The third kappa shape index (κ3) is 4.52. The van der Waals surface area contributed by atoms with Gasteiger partial charge < -0.3 is 9.64 Å². The summed E-state index contributed by atoms with van der Waals surface area (Å²) in [6.07, 6.45) is 0. The molecule has 6 aromatic carbocycles. The van der Waals surface area contributed by atoms with E-state index in [9.17, 15) is 8.42 Å². The highest BCUT2D eigenvalue weighted by Gasteiger charge is 2.38. The summed E-state index contributed by atoms with van der Waals surface area (Å²) in [5.74, 6) is 1.64. The predicted octanol–water partition coefficient (Wildman–Crippen LogP) is 10.7. The SMILES string of the molecule is CC1(C)c2ccc(-c3ccc(S(=O)(=O)c4ccccc4)cc3)cc2Oc2cc(N3c4ccccc4C(C)(C)c4ccccc43)ccc21. The van der Waals surface area contributed by atoms with Gasteiger partial charge in [-0.15, -0.1) is 0 Å². The maximum atomic E-state index is 13.1. The van der Waals surface area contributed by atoms with Crippen LogP contribution in [0, 0.1) is 0 Å². The molecule has 0 N–H and O–H groups in total. The molecule has 0 spiro atoms. The van der Waals surface area contributed by atoms with Gasteiger partial charge >= 0.3 is 0 Å². The first-order valence-corrected chi connectivity index (χ1v) is 17.4. The first-order valence-electron chi connectivity index (χ1n) is 15.9. The maximum absolute atomic E-state index is 13.1. The summed E-state index contributed by atoms with van der Waals surface area (Å²) >= 11 is 0. The van der Waals surface area contributed by atoms with Gasteiger partial charge in [-0.2, -0.15) is 0 Å². The molecule has 0 aliphatic carbocycles. The third-order valence-corrected chi connectivity index (χ3v) is 11.7. The monoisotopic (exact) mass is 633 g/mol. The smallest absolute Gasteiger partial charge is 0.206 e. The summed E-state index contributed by atoms with van der Waals surface area (Å²) in [5, 5.41) is 0. The van der Waals surface area contributed by atoms with Gasteiger partial charge in [0.2, 0.25) is 9.84 Å². The number of para-hydroxylation sites is 2. The highest BCUT2D eigenvalue weighted by atomic mass is 32.2. The minimum atomic E-state index is -3.59. The van der Waals surface area contributed by atoms with Crippen LogP contribution in [-0.4, -0.2) is 8.42 Å². The Morgan fingerprint density at radius 2 is 0.979 bits per heavy atom. The lowest BCUT2D eigenvalue weighted by atomic mass is 9.73. The van der Waals surface area contributed by atoms with Crippen LogP contribution in [0.1, 0.15) is 49.9 Å². The molecule has 0 unspecified atom stereocenters. The van der Waals surface area contributed by atoms with Gasteiger partial charge in [0.15, 0.2) is 0 Å². The summed E-state index contributed by atoms with van der Waals surface area (Å²) in [5.41, 5.74) is 9.68. The molecule has 0 bridgehead atoms. The summed E-state index contributed by atoms with van der Waals surface area (Å²) in [7, 11) is -3.59. The van der Waals surface area contributed by atoms with Crippen LogP contribution in [0.3, 0.4) is 0 Å². The minimum Gasteiger partial charge on any atom is -0.457 e. The van der Waals surface area contributed by atoms with Gasteiger partial charge in [0.25, 0.3) is 0 Å². The minimum absolute atomic E-state index is 0.129. The predicted molar refractivity (Wildman–Crippen MR) is 189 cm³/mol. The molecule has 0 saturated carbocycles. The summed E-state index contributed by atoms with van der Waals surface area (Å²) in [4.78, 5) is 2.91. The van der Waals surface area contributed by atoms with Crippen molar-refractivity contribution in [2.45, 2.75) is 48.3 Å². The molecular formula is C42H35NO3S. The normalized spacial score (nSPS) is 15.4. The quantitative estimate of drug-likeness (QED) is 0.194. The van der Waals surface area contributed by atoms with Crippen molar-refractivity contribution >= 4 is 26.9 Å². The number of ether oxygens (including phenoxy) is 1. The number of hydrogen-bond acceptors (Lipinski definition) is 4. The molecule has 6 aromatic rings. The zero-order valence-electron chi connectivity index (χ0n) is 26.9. The first kappa shape index (κ1) is 29.3. The van der Waals surface area contributed by atoms with Crippen molar-refractivity contribution < 1.29 is 13.2 Å². The average molecular weight is 634 g/mol. The van der Waals surface area contributed by atoms with E-state index in [1.807, 2.05) is 18.2 Å². The van der Waals surface area contributed by atoms with Crippen molar-refractivity contribution in [2.75, 3.05) is 4.90 Å². The number of sulfone groups is 1. The van der Waals surface area contributed by atoms with E-state index in [-0.39, 0.29) is 20.6 Å². The summed E-state index contributed by atoms with van der Waals surface area (Å²) in [6, 6.07) is 45.8. The van der Waals surface area contributed by atoms with Crippen molar-refractivity contribution in [3.8, 4) is 22.6 Å². The Morgan fingerprint density at radius 3 is 1.62 bits per heavy atom. The highest BCUT2D eigenvalue weighted by Crippen LogP contribution is 2.54. The van der Waals surface area contributed by atoms with Crippen LogP contribution in [0.5, 0.6) is 11.5 Å². The van der Waals surface area contributed by atoms with Gasteiger partial charge in [-0.05, 0) is 70.8 Å². The lowest BCUT2D eigenvalue weighted by Gasteiger charge is -2.42. The molecule has 2 aliphatic rings. The van der Waals surface area contributed by atoms with Crippen LogP contribution < -0.4 is 9.64 Å². The van der Waals surface area contributed by atoms with E-state index in [4.69, 9.17) is 4.74 Å². The zero-order chi connectivity index (χ0) is 32.6. The lowest BCUT2D eigenvalue weighted by Crippen LogP contribution is -2.30. The van der Waals surface area contributed by atoms with Gasteiger partial charge in [0, 0.05) is 33.7 Å². The van der Waals surface area contributed by atoms with E-state index in [1.165, 1.54) is 22.5 Å². The number of fused-ring (bicyclic) bond motifs is 4. The van der Waals surface area contributed by atoms with E-state index < -0.39 is 9.84 Å². The Balaban J connectivity index is 1.17. The van der Waals surface area contributed by atoms with E-state index in [2.05, 4.69) is 118 Å². The van der Waals surface area contributed by atoms with Crippen LogP contribution in [0.15, 0.2) is 149 Å². The fraction of sp³-hybridized carbons (Fsp3) is 0.143. The Kier molecular flexibility index (Phi) is 6.51. The van der Waals surface area contributed by atoms with Gasteiger partial charge in [-0.1, -0.05) is 113 Å². The number of hydrogen-bond donors (Lipinski definition) is 0. The second-order valence-corrected chi connectivity index (χ2v) is 15.4. The fourth-order valence-electron chi connectivity index (χ4n) is 7.33. The second kappa shape index (κ2) is 10.4. The largest absolute Gasteiger partial charge is 0.457 e. The number of anilines is 3. The fourth-order valence-corrected chi connectivity index (χ4v) is 8.61. The Hall–Kier alpha value is -5.13. The van der Waals surface area contributed by atoms with E-state index in [1.54, 1.807) is 36.4 Å². The standard InChI is InChI=1S/C42H35NO3S/c1-41(2)33-14-8-10-16-37(33)43(38-17-11-9-15-34(38)41)30-21-25-36-40(27-30)46-39-26-29(20-24-35(39)42(36,3)4)28-18-22-32(23-19-28)47(44,45)31-12-6-5-7-13-31/h5-27H,1-4H3. The van der Waals surface area contributed by atoms with Gasteiger partial charge in [0.05, 0.1) is 21.2 Å². The van der Waals surface area contributed by atoms with Crippen molar-refractivity contribution in [3.05, 3.63) is 162 Å². The Bertz CT molecular complexity index is 2240. The second-order valence-electron chi connectivity index (χ2n) is 13.5. The van der Waals surface area contributed by atoms with Crippen LogP contribution in [0.2, 0.25) is 0 Å². The topological polar surface area (TPSA) is 46.6 Å². The van der Waals surface area contributed by atoms with Crippen LogP contribution >= 0.6 is 0 Å². The van der Waals surface area contributed by atoms with Crippen molar-refractivity contribution in [1.82, 2.24) is 0 Å². The van der Waals surface area contributed by atoms with Crippen molar-refractivity contribution in [3.63, 3.8) is 0 Å². The van der Waals surface area contributed by atoms with Crippen LogP contribution in [0.4, 0.5) is 17.1 Å². The Morgan fingerprint density at radius 1 is 0.489 bits per heavy atom. The number of nitrogens with zero attached hydrogens (tertiary/aromatic N) is 1. The highest BCUT2D eigenvalue weighted by molar-refractivity contribution is 7.91. The summed E-state index contributed by atoms with van der Waals surface area (Å²) < 4.78 is 33.0. The molecule has 0 fully saturated rings. The lowest BCUT2D eigenvalue weighted by molar-refractivity contribution is 0.418. The number of rotatable bonds is 4. The van der Waals surface area contributed by atoms with Gasteiger partial charge in [-0.25, -0.2) is 8.42 Å². The van der Waals surface area contributed by atoms with E-state index >= 15 is 0 Å². The first-order chi connectivity index (χ1) is 22.6. The van der Waals surface area contributed by atoms with Gasteiger partial charge in [0.1, 0.15) is 11.5 Å². The molecule has 2 heterocycles. The molecule has 4 nitrogen and oxygen atoms in total. The molecule has 0 amide bonds. The average Bonchev–Trinajstić information content (AvgIpc) is 3.08. The molecule has 2 aliphatic heterocycles. The van der Waals surface area contributed by atoms with E-state index in [0.29, 0.717) is 0 Å². The molecule has 232 valence electrons. The molecule has 47 heavy (non-hydrogen) atoms. The van der Waals surface area contributed by atoms with Crippen molar-refractivity contribution in [2.24, 2.45) is 0 Å². The molecule has 0 radical (unpaired) electrons. The van der Waals surface area contributed by atoms with Crippen LogP contribution in [-0.2, 0) is 20.7 Å². The summed E-state index contributed by atoms with van der Waals surface area (Å²) in [6.45, 7) is 9.07. The molecule has 8 rings (SSSR count). The number of benzene rings is 6. The maximum Gasteiger partial charge on any atom is 0.206 e. The van der Waals surface area contributed by atoms with E-state index in [0.717, 1.165) is 39.4 Å². The molecule has 0 atom stereocenters. The molecule has 0 saturated heterocycles. The third-order valence-electron chi connectivity index (χ3n) is 9.96. The van der Waals surface area contributed by atoms with Crippen LogP contribution in [0.25, 0.3) is 11.1 Å². The molecular weight excluding hydrogens is 599 g/mol. The Labute approximate surface area is 276 Å².